The fourth-order valence-corrected chi connectivity index (χ4v) is 2.42. The van der Waals surface area contributed by atoms with Gasteiger partial charge in [0.25, 0.3) is 5.56 Å². The first kappa shape index (κ1) is 15.5. The maximum Gasteiger partial charge on any atom is 0.314 e. The topological polar surface area (TPSA) is 107 Å². The predicted molar refractivity (Wildman–Crippen MR) is 87.6 cm³/mol. The Bertz CT molecular complexity index is 997. The molecule has 0 aliphatic carbocycles. The number of para-hydroxylation sites is 1. The van der Waals surface area contributed by atoms with Crippen LogP contribution in [-0.4, -0.2) is 29.1 Å². The van der Waals surface area contributed by atoms with Crippen molar-refractivity contribution in [2.45, 2.75) is 0 Å². The van der Waals surface area contributed by atoms with Crippen molar-refractivity contribution in [2.75, 3.05) is 14.2 Å². The predicted octanol–water partition coefficient (Wildman–Crippen LogP) is 2.52. The molecule has 0 saturated heterocycles. The van der Waals surface area contributed by atoms with Crippen LogP contribution in [-0.2, 0) is 0 Å². The Morgan fingerprint density at radius 3 is 2.50 bits per heavy atom. The number of hydrogen-bond donors (Lipinski definition) is 1. The Kier molecular flexibility index (Phi) is 3.87. The number of nitrogens with zero attached hydrogens (tertiary/aromatic N) is 2. The molecule has 1 aromatic heterocycles. The molecule has 0 bridgehead atoms. The second-order valence-corrected chi connectivity index (χ2v) is 4.91. The van der Waals surface area contributed by atoms with E-state index in [0.29, 0.717) is 16.5 Å². The van der Waals surface area contributed by atoms with Crippen molar-refractivity contribution in [3.8, 4) is 22.9 Å². The standard InChI is InChI=1S/C16H13N3O5/c1-23-13-8-12(19(21)22)14(24-2)7-10(13)15-17-11-6-4-3-5-9(11)16(20)18-15/h3-8H,1-2H3,(H,17,18,20). The zero-order chi connectivity index (χ0) is 17.3. The molecule has 0 amide bonds. The number of aromatic amines is 1. The molecule has 1 heterocycles. The van der Waals surface area contributed by atoms with Gasteiger partial charge in [0.2, 0.25) is 0 Å². The third-order valence-corrected chi connectivity index (χ3v) is 3.57. The van der Waals surface area contributed by atoms with E-state index in [9.17, 15) is 14.9 Å². The molecule has 3 aromatic rings. The normalized spacial score (nSPS) is 10.6. The Hall–Kier alpha value is -3.42. The number of rotatable bonds is 4. The molecule has 0 radical (unpaired) electrons. The molecule has 0 aliphatic heterocycles. The third kappa shape index (κ3) is 2.54. The minimum absolute atomic E-state index is 0.0478. The first-order valence-electron chi connectivity index (χ1n) is 6.95. The molecule has 0 fully saturated rings. The van der Waals surface area contributed by atoms with Crippen molar-refractivity contribution in [2.24, 2.45) is 0 Å². The SMILES string of the molecule is COc1cc([N+](=O)[O-])c(OC)cc1-c1nc2ccccc2c(=O)[nH]1. The minimum atomic E-state index is -0.568. The Labute approximate surface area is 135 Å². The summed E-state index contributed by atoms with van der Waals surface area (Å²) in [6.45, 7) is 0. The van der Waals surface area contributed by atoms with E-state index in [1.54, 1.807) is 24.3 Å². The van der Waals surface area contributed by atoms with Crippen LogP contribution in [0.2, 0.25) is 0 Å². The van der Waals surface area contributed by atoms with Crippen LogP contribution in [0.25, 0.3) is 22.3 Å². The van der Waals surface area contributed by atoms with Crippen molar-refractivity contribution in [3.63, 3.8) is 0 Å². The highest BCUT2D eigenvalue weighted by molar-refractivity contribution is 5.81. The van der Waals surface area contributed by atoms with E-state index in [4.69, 9.17) is 9.47 Å². The van der Waals surface area contributed by atoms with E-state index in [1.165, 1.54) is 26.4 Å². The van der Waals surface area contributed by atoms with E-state index in [-0.39, 0.29) is 28.6 Å². The van der Waals surface area contributed by atoms with Gasteiger partial charge in [0.15, 0.2) is 5.75 Å². The second-order valence-electron chi connectivity index (χ2n) is 4.91. The summed E-state index contributed by atoms with van der Waals surface area (Å²) in [6, 6.07) is 9.55. The number of nitrogens with one attached hydrogen (secondary N) is 1. The number of nitro benzene ring substituents is 1. The van der Waals surface area contributed by atoms with Crippen molar-refractivity contribution in [1.29, 1.82) is 0 Å². The number of methoxy groups -OCH3 is 2. The molecule has 0 aliphatic rings. The molecular weight excluding hydrogens is 314 g/mol. The lowest BCUT2D eigenvalue weighted by Gasteiger charge is -2.11. The Morgan fingerprint density at radius 2 is 1.83 bits per heavy atom. The van der Waals surface area contributed by atoms with Gasteiger partial charge >= 0.3 is 5.69 Å². The van der Waals surface area contributed by atoms with Crippen LogP contribution in [0, 0.1) is 10.1 Å². The van der Waals surface area contributed by atoms with E-state index in [0.717, 1.165) is 0 Å². The highest BCUT2D eigenvalue weighted by Gasteiger charge is 2.21. The van der Waals surface area contributed by atoms with Crippen LogP contribution in [0.1, 0.15) is 0 Å². The van der Waals surface area contributed by atoms with Crippen LogP contribution in [0.4, 0.5) is 5.69 Å². The van der Waals surface area contributed by atoms with Gasteiger partial charge in [-0.25, -0.2) is 4.98 Å². The molecule has 1 N–H and O–H groups in total. The number of aromatic nitrogens is 2. The summed E-state index contributed by atoms with van der Waals surface area (Å²) in [4.78, 5) is 29.9. The second kappa shape index (κ2) is 5.99. The van der Waals surface area contributed by atoms with Gasteiger partial charge in [-0.3, -0.25) is 14.9 Å². The highest BCUT2D eigenvalue weighted by atomic mass is 16.6. The number of benzene rings is 2. The van der Waals surface area contributed by atoms with Gasteiger partial charge in [0.1, 0.15) is 11.6 Å². The summed E-state index contributed by atoms with van der Waals surface area (Å²) in [5, 5.41) is 11.6. The molecule has 0 unspecified atom stereocenters. The summed E-state index contributed by atoms with van der Waals surface area (Å²) in [6.07, 6.45) is 0. The quantitative estimate of drug-likeness (QED) is 0.583. The molecule has 122 valence electrons. The summed E-state index contributed by atoms with van der Waals surface area (Å²) in [5.41, 5.74) is 0.356. The maximum absolute atomic E-state index is 12.2. The van der Waals surface area contributed by atoms with Crippen molar-refractivity contribution in [3.05, 3.63) is 56.9 Å². The molecule has 24 heavy (non-hydrogen) atoms. The number of fused-ring (bicyclic) bond motifs is 1. The zero-order valence-electron chi connectivity index (χ0n) is 12.9. The van der Waals surface area contributed by atoms with Crippen LogP contribution in [0.15, 0.2) is 41.2 Å². The van der Waals surface area contributed by atoms with Crippen LogP contribution in [0.5, 0.6) is 11.5 Å². The Morgan fingerprint density at radius 1 is 1.12 bits per heavy atom. The molecule has 0 atom stereocenters. The number of hydrogen-bond acceptors (Lipinski definition) is 6. The average Bonchev–Trinajstić information content (AvgIpc) is 2.60. The first-order valence-corrected chi connectivity index (χ1v) is 6.95. The average molecular weight is 327 g/mol. The molecular formula is C16H13N3O5. The molecule has 3 rings (SSSR count). The van der Waals surface area contributed by atoms with Crippen molar-refractivity contribution in [1.82, 2.24) is 9.97 Å². The van der Waals surface area contributed by atoms with Gasteiger partial charge in [-0.15, -0.1) is 0 Å². The fraction of sp³-hybridized carbons (Fsp3) is 0.125. The monoisotopic (exact) mass is 327 g/mol. The summed E-state index contributed by atoms with van der Waals surface area (Å²) >= 11 is 0. The lowest BCUT2D eigenvalue weighted by molar-refractivity contribution is -0.385. The van der Waals surface area contributed by atoms with Crippen molar-refractivity contribution >= 4 is 16.6 Å². The third-order valence-electron chi connectivity index (χ3n) is 3.57. The maximum atomic E-state index is 12.2. The lowest BCUT2D eigenvalue weighted by Crippen LogP contribution is -2.10. The van der Waals surface area contributed by atoms with Gasteiger partial charge < -0.3 is 14.5 Å². The molecule has 0 saturated carbocycles. The molecule has 8 nitrogen and oxygen atoms in total. The molecule has 8 heteroatoms. The highest BCUT2D eigenvalue weighted by Crippen LogP contribution is 2.38. The smallest absolute Gasteiger partial charge is 0.314 e. The first-order chi connectivity index (χ1) is 11.5. The molecule has 2 aromatic carbocycles. The lowest BCUT2D eigenvalue weighted by atomic mass is 10.1. The van der Waals surface area contributed by atoms with Gasteiger partial charge in [0, 0.05) is 6.07 Å². The number of ether oxygens (including phenoxy) is 2. The Balaban J connectivity index is 2.29. The largest absolute Gasteiger partial charge is 0.496 e. The van der Waals surface area contributed by atoms with Gasteiger partial charge in [0.05, 0.1) is 41.7 Å². The van der Waals surface area contributed by atoms with Crippen LogP contribution >= 0.6 is 0 Å². The van der Waals surface area contributed by atoms with E-state index in [1.807, 2.05) is 0 Å². The van der Waals surface area contributed by atoms with Gasteiger partial charge in [-0.05, 0) is 12.1 Å². The number of nitro groups is 1. The van der Waals surface area contributed by atoms with Crippen LogP contribution < -0.4 is 15.0 Å². The van der Waals surface area contributed by atoms with E-state index < -0.39 is 4.92 Å². The zero-order valence-corrected chi connectivity index (χ0v) is 12.9. The van der Waals surface area contributed by atoms with E-state index in [2.05, 4.69) is 9.97 Å². The minimum Gasteiger partial charge on any atom is -0.496 e. The van der Waals surface area contributed by atoms with Gasteiger partial charge in [-0.2, -0.15) is 0 Å². The van der Waals surface area contributed by atoms with E-state index >= 15 is 0 Å². The van der Waals surface area contributed by atoms with Gasteiger partial charge in [-0.1, -0.05) is 12.1 Å². The summed E-state index contributed by atoms with van der Waals surface area (Å²) < 4.78 is 10.3. The summed E-state index contributed by atoms with van der Waals surface area (Å²) in [5.74, 6) is 0.497. The summed E-state index contributed by atoms with van der Waals surface area (Å²) in [7, 11) is 2.71. The fourth-order valence-electron chi connectivity index (χ4n) is 2.42. The number of H-pyrrole nitrogens is 1. The van der Waals surface area contributed by atoms with Crippen molar-refractivity contribution < 1.29 is 14.4 Å². The molecule has 0 spiro atoms. The van der Waals surface area contributed by atoms with Crippen LogP contribution in [0.3, 0.4) is 0 Å².